The van der Waals surface area contributed by atoms with Crippen LogP contribution in [-0.4, -0.2) is 164 Å². The van der Waals surface area contributed by atoms with Crippen LogP contribution in [0.4, 0.5) is 22.2 Å². The van der Waals surface area contributed by atoms with Crippen LogP contribution in [0, 0.1) is 31.1 Å². The molecule has 83 heavy (non-hydrogen) atoms. The van der Waals surface area contributed by atoms with Crippen LogP contribution in [0.1, 0.15) is 84.5 Å². The zero-order valence-corrected chi connectivity index (χ0v) is 50.5. The Kier molecular flexibility index (Phi) is 23.1. The number of anilines is 3. The maximum absolute atomic E-state index is 14.1. The van der Waals surface area contributed by atoms with E-state index in [0.717, 1.165) is 45.1 Å². The first-order valence-corrected chi connectivity index (χ1v) is 29.3. The number of hydrogen-bond donors (Lipinski definition) is 4. The smallest absolute Gasteiger partial charge is 0.410 e. The van der Waals surface area contributed by atoms with Crippen molar-refractivity contribution in [2.24, 2.45) is 17.3 Å². The first kappa shape index (κ1) is 63.8. The van der Waals surface area contributed by atoms with Gasteiger partial charge in [-0.05, 0) is 100 Å². The second-order valence-corrected chi connectivity index (χ2v) is 23.7. The van der Waals surface area contributed by atoms with Crippen molar-refractivity contribution < 1.29 is 57.4 Å². The zero-order valence-electron chi connectivity index (χ0n) is 49.7. The van der Waals surface area contributed by atoms with Gasteiger partial charge < -0.3 is 64.0 Å². The van der Waals surface area contributed by atoms with Gasteiger partial charge >= 0.3 is 6.09 Å². The average molecular weight is 1170 g/mol. The Morgan fingerprint density at radius 3 is 2.11 bits per heavy atom. The standard InChI is InChI=1S/C61H83N9O12S/c1-11-45-36-69(20-21-70(45)59(75)82-61(7,8)9)51-17-16-43(35-63-51)49-18-19-62-58(67-49)66-44-30-39(2)54(76-10)50(31-44)81-29-28-79-25-24-77-22-23-78-26-27-80-37-52(72)68-56(60(4,5)6)53(73)47-32-46(71)33-48(47)57(74)64-34-41-12-14-42(15-13-41)55-40(3)65-38-83-55/h12-19,30-31,35,38,45-48,56,71H,11,20-29,32-34,36-37H2,1-10H3,(H,64,74)(H,68,72)(H,62,66,67)/t45?,46-,47?,48+,56+/m0/s1. The molecule has 0 spiro atoms. The SMILES string of the molecule is CCC1CN(c2ccc(-c3ccnc(Nc4cc(C)c(OC)c(OCCOCCOCCOCCOCC(=O)N[C@H](C(=O)C5C[C@H](O)C[C@H]5C(=O)NCc5ccc(-c6scnc6C)cc5)C(C)(C)C)c4)n3)cn2)CCN1C(=O)OC(C)(C)C. The summed E-state index contributed by atoms with van der Waals surface area (Å²) in [6.45, 7) is 21.3. The summed E-state index contributed by atoms with van der Waals surface area (Å²) in [6, 6.07) is 16.6. The van der Waals surface area contributed by atoms with Crippen molar-refractivity contribution in [3.8, 4) is 33.2 Å². The fraction of sp³-hybridized carbons (Fsp3) is 0.541. The molecule has 3 aromatic heterocycles. The Labute approximate surface area is 491 Å². The van der Waals surface area contributed by atoms with E-state index in [1.54, 1.807) is 30.8 Å². The molecule has 5 atom stereocenters. The zero-order chi connectivity index (χ0) is 59.7. The molecule has 5 aromatic rings. The summed E-state index contributed by atoms with van der Waals surface area (Å²) in [4.78, 5) is 77.0. The number of methoxy groups -OCH3 is 1. The minimum absolute atomic E-state index is 0.0125. The number of aliphatic hydroxyl groups excluding tert-OH is 1. The quantitative estimate of drug-likeness (QED) is 0.0345. The molecule has 7 rings (SSSR count). The minimum Gasteiger partial charge on any atom is -0.493 e. The van der Waals surface area contributed by atoms with Crippen molar-refractivity contribution >= 4 is 52.5 Å². The third-order valence-electron chi connectivity index (χ3n) is 14.3. The van der Waals surface area contributed by atoms with Crippen LogP contribution in [0.5, 0.6) is 11.5 Å². The number of nitrogens with one attached hydrogen (secondary N) is 3. The molecule has 2 fully saturated rings. The van der Waals surface area contributed by atoms with E-state index in [4.69, 9.17) is 43.1 Å². The Balaban J connectivity index is 0.754. The second kappa shape index (κ2) is 30.1. The molecule has 2 aromatic carbocycles. The van der Waals surface area contributed by atoms with E-state index in [2.05, 4.69) is 37.7 Å². The first-order chi connectivity index (χ1) is 39.7. The molecule has 4 N–H and O–H groups in total. The third kappa shape index (κ3) is 18.6. The molecule has 1 aliphatic carbocycles. The van der Waals surface area contributed by atoms with Gasteiger partial charge in [0.05, 0.1) is 99.2 Å². The lowest BCUT2D eigenvalue weighted by Crippen LogP contribution is -2.56. The third-order valence-corrected chi connectivity index (χ3v) is 15.2. The number of aromatic nitrogens is 4. The number of benzene rings is 2. The van der Waals surface area contributed by atoms with Crippen LogP contribution < -0.4 is 30.3 Å². The number of carbonyl (C=O) groups excluding carboxylic acids is 4. The topological polar surface area (TPSA) is 247 Å². The first-order valence-electron chi connectivity index (χ1n) is 28.4. The highest BCUT2D eigenvalue weighted by atomic mass is 32.1. The second-order valence-electron chi connectivity index (χ2n) is 22.8. The number of pyridine rings is 1. The number of nitrogens with zero attached hydrogens (tertiary/aromatic N) is 6. The minimum atomic E-state index is -0.905. The maximum Gasteiger partial charge on any atom is 0.410 e. The number of Topliss-reactive ketones (excluding diaryl/α,β-unsaturated/α-hetero) is 1. The van der Waals surface area contributed by atoms with Gasteiger partial charge in [0.2, 0.25) is 17.8 Å². The number of piperazine rings is 1. The molecule has 3 amide bonds. The van der Waals surface area contributed by atoms with E-state index in [9.17, 15) is 24.3 Å². The normalized spacial score (nSPS) is 17.7. The van der Waals surface area contributed by atoms with Crippen molar-refractivity contribution in [2.75, 3.05) is 96.4 Å². The summed E-state index contributed by atoms with van der Waals surface area (Å²) in [5, 5.41) is 19.7. The molecule has 2 unspecified atom stereocenters. The number of ketones is 1. The lowest BCUT2D eigenvalue weighted by molar-refractivity contribution is -0.138. The predicted octanol–water partition coefficient (Wildman–Crippen LogP) is 8.12. The summed E-state index contributed by atoms with van der Waals surface area (Å²) in [6.07, 6.45) is 3.51. The van der Waals surface area contributed by atoms with Gasteiger partial charge in [-0.25, -0.2) is 24.7 Å². The van der Waals surface area contributed by atoms with E-state index in [1.165, 1.54) is 0 Å². The molecule has 1 saturated heterocycles. The Bertz CT molecular complexity index is 2910. The van der Waals surface area contributed by atoms with Gasteiger partial charge in [-0.2, -0.15) is 0 Å². The summed E-state index contributed by atoms with van der Waals surface area (Å²) >= 11 is 1.57. The summed E-state index contributed by atoms with van der Waals surface area (Å²) < 4.78 is 40.0. The molecule has 1 aliphatic heterocycles. The van der Waals surface area contributed by atoms with Crippen LogP contribution in [0.3, 0.4) is 0 Å². The number of ether oxygens (including phenoxy) is 7. The van der Waals surface area contributed by atoms with Crippen molar-refractivity contribution in [1.82, 2.24) is 35.5 Å². The van der Waals surface area contributed by atoms with Crippen LogP contribution in [0.25, 0.3) is 21.7 Å². The number of carbonyl (C=O) groups is 4. The monoisotopic (exact) mass is 1170 g/mol. The summed E-state index contributed by atoms with van der Waals surface area (Å²) in [7, 11) is 1.59. The van der Waals surface area contributed by atoms with E-state index >= 15 is 0 Å². The van der Waals surface area contributed by atoms with Crippen molar-refractivity contribution in [3.05, 3.63) is 89.3 Å². The largest absolute Gasteiger partial charge is 0.493 e. The van der Waals surface area contributed by atoms with Crippen molar-refractivity contribution in [3.63, 3.8) is 0 Å². The van der Waals surface area contributed by atoms with Crippen molar-refractivity contribution in [2.45, 2.75) is 112 Å². The Hall–Kier alpha value is -6.82. The number of aryl methyl sites for hydroxylation is 2. The van der Waals surface area contributed by atoms with Crippen molar-refractivity contribution in [1.29, 1.82) is 0 Å². The van der Waals surface area contributed by atoms with Gasteiger partial charge in [0.1, 0.15) is 24.6 Å². The van der Waals surface area contributed by atoms with Gasteiger partial charge in [0.25, 0.3) is 0 Å². The van der Waals surface area contributed by atoms with Gasteiger partial charge in [0, 0.05) is 61.8 Å². The van der Waals surface area contributed by atoms with Crippen LogP contribution in [-0.2, 0) is 44.6 Å². The molecular formula is C61H83N9O12S. The number of aliphatic hydroxyl groups is 1. The molecule has 0 bridgehead atoms. The molecular weight excluding hydrogens is 1080 g/mol. The maximum atomic E-state index is 14.1. The molecule has 2 aliphatic rings. The van der Waals surface area contributed by atoms with Gasteiger partial charge in [-0.3, -0.25) is 14.4 Å². The van der Waals surface area contributed by atoms with Crippen LogP contribution >= 0.6 is 11.3 Å². The molecule has 1 saturated carbocycles. The van der Waals surface area contributed by atoms with Crippen LogP contribution in [0.2, 0.25) is 0 Å². The molecule has 22 heteroatoms. The van der Waals surface area contributed by atoms with E-state index in [1.807, 2.05) is 120 Å². The number of amides is 3. The molecule has 4 heterocycles. The van der Waals surface area contributed by atoms with E-state index < -0.39 is 40.9 Å². The fourth-order valence-electron chi connectivity index (χ4n) is 10.0. The number of rotatable bonds is 28. The number of hydrogen-bond acceptors (Lipinski definition) is 19. The van der Waals surface area contributed by atoms with E-state index in [-0.39, 0.29) is 69.6 Å². The molecule has 0 radical (unpaired) electrons. The van der Waals surface area contributed by atoms with Crippen LogP contribution in [0.15, 0.2) is 72.5 Å². The van der Waals surface area contributed by atoms with Gasteiger partial charge in [-0.1, -0.05) is 52.0 Å². The Morgan fingerprint density at radius 1 is 0.807 bits per heavy atom. The predicted molar refractivity (Wildman–Crippen MR) is 317 cm³/mol. The summed E-state index contributed by atoms with van der Waals surface area (Å²) in [5.41, 5.74) is 6.60. The average Bonchev–Trinajstić information content (AvgIpc) is 4.33. The fourth-order valence-corrected chi connectivity index (χ4v) is 10.9. The highest BCUT2D eigenvalue weighted by molar-refractivity contribution is 7.13. The van der Waals surface area contributed by atoms with Gasteiger partial charge in [-0.15, -0.1) is 11.3 Å². The lowest BCUT2D eigenvalue weighted by atomic mass is 9.77. The highest BCUT2D eigenvalue weighted by Gasteiger charge is 2.47. The number of thiazole rings is 1. The molecule has 450 valence electrons. The Morgan fingerprint density at radius 2 is 1.48 bits per heavy atom. The van der Waals surface area contributed by atoms with Gasteiger partial charge in [0.15, 0.2) is 17.3 Å². The molecule has 21 nitrogen and oxygen atoms in total. The van der Waals surface area contributed by atoms with E-state index in [0.29, 0.717) is 81.5 Å². The lowest BCUT2D eigenvalue weighted by Gasteiger charge is -2.41. The highest BCUT2D eigenvalue weighted by Crippen LogP contribution is 2.38. The summed E-state index contributed by atoms with van der Waals surface area (Å²) in [5.74, 6) is -0.192.